The van der Waals surface area contributed by atoms with E-state index in [-0.39, 0.29) is 5.91 Å². The summed E-state index contributed by atoms with van der Waals surface area (Å²) in [4.78, 5) is 15.2. The van der Waals surface area contributed by atoms with Gasteiger partial charge in [-0.1, -0.05) is 18.2 Å². The second-order valence-corrected chi connectivity index (χ2v) is 6.89. The Morgan fingerprint density at radius 1 is 1.07 bits per heavy atom. The fourth-order valence-electron chi connectivity index (χ4n) is 3.67. The summed E-state index contributed by atoms with van der Waals surface area (Å²) in [6, 6.07) is 15.6. The van der Waals surface area contributed by atoms with Crippen LogP contribution >= 0.6 is 0 Å². The van der Waals surface area contributed by atoms with Gasteiger partial charge in [0.25, 0.3) is 5.91 Å². The van der Waals surface area contributed by atoms with Crippen molar-refractivity contribution in [3.8, 4) is 0 Å². The van der Waals surface area contributed by atoms with E-state index in [1.165, 1.54) is 24.9 Å². The van der Waals surface area contributed by atoms with Crippen molar-refractivity contribution in [2.75, 3.05) is 30.4 Å². The summed E-state index contributed by atoms with van der Waals surface area (Å²) in [6.07, 6.45) is 3.80. The Morgan fingerprint density at radius 2 is 1.81 bits per heavy atom. The molecule has 0 saturated carbocycles. The first-order valence-corrected chi connectivity index (χ1v) is 9.42. The second kappa shape index (κ2) is 7.84. The van der Waals surface area contributed by atoms with E-state index in [1.807, 2.05) is 36.4 Å². The maximum Gasteiger partial charge on any atom is 0.291 e. The summed E-state index contributed by atoms with van der Waals surface area (Å²) in [6.45, 7) is 2.53. The van der Waals surface area contributed by atoms with Crippen molar-refractivity contribution in [3.63, 3.8) is 0 Å². The number of ether oxygens (including phenoxy) is 1. The average Bonchev–Trinajstić information content (AvgIpc) is 3.08. The Hall–Kier alpha value is -2.79. The molecule has 0 radical (unpaired) electrons. The van der Waals surface area contributed by atoms with E-state index >= 15 is 0 Å². The van der Waals surface area contributed by atoms with Crippen molar-refractivity contribution in [3.05, 3.63) is 59.9 Å². The molecule has 1 fully saturated rings. The van der Waals surface area contributed by atoms with Gasteiger partial charge in [0.15, 0.2) is 5.76 Å². The van der Waals surface area contributed by atoms with E-state index < -0.39 is 0 Å². The van der Waals surface area contributed by atoms with E-state index in [4.69, 9.17) is 9.15 Å². The molecular formula is C22H24N2O3. The van der Waals surface area contributed by atoms with Crippen LogP contribution in [0.25, 0.3) is 11.0 Å². The number of piperidine rings is 1. The van der Waals surface area contributed by atoms with Gasteiger partial charge in [-0.05, 0) is 49.6 Å². The van der Waals surface area contributed by atoms with Gasteiger partial charge in [-0.2, -0.15) is 0 Å². The van der Waals surface area contributed by atoms with Crippen LogP contribution in [0.15, 0.2) is 52.9 Å². The Kier molecular flexibility index (Phi) is 5.12. The normalized spacial score (nSPS) is 14.5. The second-order valence-electron chi connectivity index (χ2n) is 6.89. The number of anilines is 2. The third-order valence-corrected chi connectivity index (χ3v) is 5.04. The molecule has 1 amide bonds. The van der Waals surface area contributed by atoms with Crippen LogP contribution in [0, 0.1) is 0 Å². The minimum atomic E-state index is -0.260. The molecule has 3 aromatic rings. The predicted octanol–water partition coefficient (Wildman–Crippen LogP) is 4.82. The van der Waals surface area contributed by atoms with Crippen LogP contribution in [0.4, 0.5) is 11.4 Å². The highest BCUT2D eigenvalue weighted by Crippen LogP contribution is 2.28. The molecule has 0 aliphatic carbocycles. The van der Waals surface area contributed by atoms with Crippen LogP contribution in [-0.4, -0.2) is 26.1 Å². The number of hydrogen-bond acceptors (Lipinski definition) is 4. The van der Waals surface area contributed by atoms with Crippen LogP contribution in [-0.2, 0) is 11.3 Å². The van der Waals surface area contributed by atoms with Crippen molar-refractivity contribution in [2.45, 2.75) is 25.9 Å². The molecule has 0 atom stereocenters. The predicted molar refractivity (Wildman–Crippen MR) is 107 cm³/mol. The zero-order valence-corrected chi connectivity index (χ0v) is 15.5. The maximum absolute atomic E-state index is 12.8. The van der Waals surface area contributed by atoms with Crippen molar-refractivity contribution in [2.24, 2.45) is 0 Å². The zero-order chi connectivity index (χ0) is 18.6. The number of furan rings is 1. The lowest BCUT2D eigenvalue weighted by Gasteiger charge is -2.28. The van der Waals surface area contributed by atoms with Gasteiger partial charge in [0.05, 0.1) is 6.61 Å². The Labute approximate surface area is 158 Å². The summed E-state index contributed by atoms with van der Waals surface area (Å²) in [5.41, 5.74) is 3.42. The lowest BCUT2D eigenvalue weighted by Crippen LogP contribution is -2.29. The number of benzene rings is 2. The van der Waals surface area contributed by atoms with Gasteiger partial charge in [0.1, 0.15) is 5.58 Å². The van der Waals surface area contributed by atoms with E-state index in [0.717, 1.165) is 29.7 Å². The molecule has 4 rings (SSSR count). The molecule has 0 spiro atoms. The van der Waals surface area contributed by atoms with Crippen molar-refractivity contribution < 1.29 is 13.9 Å². The van der Waals surface area contributed by atoms with Crippen molar-refractivity contribution in [1.29, 1.82) is 0 Å². The first-order chi connectivity index (χ1) is 13.3. The van der Waals surface area contributed by atoms with E-state index in [1.54, 1.807) is 7.11 Å². The number of hydrogen-bond donors (Lipinski definition) is 1. The molecule has 1 N–H and O–H groups in total. The van der Waals surface area contributed by atoms with Gasteiger partial charge >= 0.3 is 0 Å². The van der Waals surface area contributed by atoms with E-state index in [9.17, 15) is 4.79 Å². The minimum absolute atomic E-state index is 0.260. The summed E-state index contributed by atoms with van der Waals surface area (Å²) >= 11 is 0. The SMILES string of the molecule is COCc1c(C(=O)Nc2ccc(N3CCCCC3)cc2)oc2ccccc12. The number of rotatable bonds is 5. The van der Waals surface area contributed by atoms with E-state index in [0.29, 0.717) is 18.0 Å². The standard InChI is InChI=1S/C22H24N2O3/c1-26-15-19-18-7-3-4-8-20(18)27-21(19)22(25)23-16-9-11-17(12-10-16)24-13-5-2-6-14-24/h3-4,7-12H,2,5-6,13-15H2,1H3,(H,23,25). The van der Waals surface area contributed by atoms with Crippen LogP contribution in [0.1, 0.15) is 35.4 Å². The highest BCUT2D eigenvalue weighted by Gasteiger charge is 2.20. The molecule has 27 heavy (non-hydrogen) atoms. The maximum atomic E-state index is 12.8. The fraction of sp³-hybridized carbons (Fsp3) is 0.318. The number of fused-ring (bicyclic) bond motifs is 1. The molecule has 5 nitrogen and oxygen atoms in total. The molecule has 1 aliphatic heterocycles. The first-order valence-electron chi connectivity index (χ1n) is 9.42. The Balaban J connectivity index is 1.53. The average molecular weight is 364 g/mol. The van der Waals surface area contributed by atoms with Gasteiger partial charge in [-0.25, -0.2) is 0 Å². The minimum Gasteiger partial charge on any atom is -0.451 e. The molecular weight excluding hydrogens is 340 g/mol. The van der Waals surface area contributed by atoms with Gasteiger partial charge in [0.2, 0.25) is 0 Å². The summed E-state index contributed by atoms with van der Waals surface area (Å²) in [5.74, 6) is 0.0436. The molecule has 1 saturated heterocycles. The lowest BCUT2D eigenvalue weighted by molar-refractivity contribution is 0.0992. The van der Waals surface area contributed by atoms with Crippen LogP contribution in [0.2, 0.25) is 0 Å². The fourth-order valence-corrected chi connectivity index (χ4v) is 3.67. The van der Waals surface area contributed by atoms with Crippen molar-refractivity contribution in [1.82, 2.24) is 0 Å². The number of amides is 1. The van der Waals surface area contributed by atoms with E-state index in [2.05, 4.69) is 22.3 Å². The molecule has 2 heterocycles. The number of carbonyl (C=O) groups is 1. The molecule has 1 aromatic heterocycles. The monoisotopic (exact) mass is 364 g/mol. The third kappa shape index (κ3) is 3.69. The number of carbonyl (C=O) groups excluding carboxylic acids is 1. The summed E-state index contributed by atoms with van der Waals surface area (Å²) in [7, 11) is 1.61. The first kappa shape index (κ1) is 17.6. The highest BCUT2D eigenvalue weighted by molar-refractivity contribution is 6.06. The summed E-state index contributed by atoms with van der Waals surface area (Å²) in [5, 5.41) is 3.85. The molecule has 140 valence electrons. The number of methoxy groups -OCH3 is 1. The van der Waals surface area contributed by atoms with Crippen LogP contribution < -0.4 is 10.2 Å². The molecule has 5 heteroatoms. The molecule has 1 aliphatic rings. The number of nitrogens with zero attached hydrogens (tertiary/aromatic N) is 1. The zero-order valence-electron chi connectivity index (χ0n) is 15.5. The number of para-hydroxylation sites is 1. The Morgan fingerprint density at radius 3 is 2.56 bits per heavy atom. The quantitative estimate of drug-likeness (QED) is 0.705. The lowest BCUT2D eigenvalue weighted by atomic mass is 10.1. The molecule has 0 bridgehead atoms. The van der Waals surface area contributed by atoms with Crippen LogP contribution in [0.3, 0.4) is 0 Å². The van der Waals surface area contributed by atoms with Crippen LogP contribution in [0.5, 0.6) is 0 Å². The molecule has 2 aromatic carbocycles. The Bertz CT molecular complexity index is 924. The highest BCUT2D eigenvalue weighted by atomic mass is 16.5. The largest absolute Gasteiger partial charge is 0.451 e. The summed E-state index contributed by atoms with van der Waals surface area (Å²) < 4.78 is 11.1. The topological polar surface area (TPSA) is 54.7 Å². The van der Waals surface area contributed by atoms with Gasteiger partial charge in [0, 0.05) is 42.5 Å². The van der Waals surface area contributed by atoms with Gasteiger partial charge < -0.3 is 19.4 Å². The van der Waals surface area contributed by atoms with Gasteiger partial charge in [-0.3, -0.25) is 4.79 Å². The van der Waals surface area contributed by atoms with Gasteiger partial charge in [-0.15, -0.1) is 0 Å². The molecule has 0 unspecified atom stereocenters. The number of nitrogens with one attached hydrogen (secondary N) is 1. The smallest absolute Gasteiger partial charge is 0.291 e. The van der Waals surface area contributed by atoms with Crippen molar-refractivity contribution >= 4 is 28.3 Å². The third-order valence-electron chi connectivity index (χ3n) is 5.04.